The molecular weight excluding hydrogens is 254 g/mol. The zero-order chi connectivity index (χ0) is 14.2. The van der Waals surface area contributed by atoms with Crippen LogP contribution in [0.15, 0.2) is 4.99 Å². The van der Waals surface area contributed by atoms with Crippen molar-refractivity contribution in [2.24, 2.45) is 16.6 Å². The fourth-order valence-electron chi connectivity index (χ4n) is 3.20. The van der Waals surface area contributed by atoms with E-state index in [1.165, 1.54) is 25.7 Å². The van der Waals surface area contributed by atoms with Crippen LogP contribution in [0.2, 0.25) is 0 Å². The molecule has 116 valence electrons. The molecule has 0 amide bonds. The molecule has 0 aromatic rings. The Morgan fingerprint density at radius 2 is 2.05 bits per heavy atom. The van der Waals surface area contributed by atoms with Crippen molar-refractivity contribution < 1.29 is 9.47 Å². The summed E-state index contributed by atoms with van der Waals surface area (Å²) in [5, 5.41) is 0. The Bertz CT molecular complexity index is 297. The molecule has 0 aromatic carbocycles. The minimum Gasteiger partial charge on any atom is -0.378 e. The van der Waals surface area contributed by atoms with E-state index in [0.29, 0.717) is 12.1 Å². The first kappa shape index (κ1) is 15.6. The molecule has 5 heteroatoms. The molecule has 5 nitrogen and oxygen atoms in total. The number of ether oxygens (including phenoxy) is 2. The van der Waals surface area contributed by atoms with Crippen molar-refractivity contribution in [3.05, 3.63) is 0 Å². The van der Waals surface area contributed by atoms with Gasteiger partial charge in [-0.3, -0.25) is 4.99 Å². The van der Waals surface area contributed by atoms with E-state index in [4.69, 9.17) is 15.2 Å². The van der Waals surface area contributed by atoms with E-state index in [0.717, 1.165) is 51.8 Å². The number of guanidine groups is 1. The fraction of sp³-hybridized carbons (Fsp3) is 0.933. The molecule has 1 atom stereocenters. The Kier molecular flexibility index (Phi) is 6.60. The summed E-state index contributed by atoms with van der Waals surface area (Å²) in [4.78, 5) is 6.63. The Balaban J connectivity index is 1.76. The highest BCUT2D eigenvalue weighted by molar-refractivity contribution is 5.78. The smallest absolute Gasteiger partial charge is 0.191 e. The van der Waals surface area contributed by atoms with Crippen LogP contribution in [0.4, 0.5) is 0 Å². The SMILES string of the molecule is CCO[C@H](CCN=C(N)N1CCOCC1)C1CCCC1. The lowest BCUT2D eigenvalue weighted by Gasteiger charge is -2.28. The topological polar surface area (TPSA) is 60.1 Å². The van der Waals surface area contributed by atoms with Crippen molar-refractivity contribution >= 4 is 5.96 Å². The number of hydrogen-bond donors (Lipinski definition) is 1. The molecule has 2 fully saturated rings. The van der Waals surface area contributed by atoms with E-state index in [1.807, 2.05) is 0 Å². The molecular formula is C15H29N3O2. The Morgan fingerprint density at radius 1 is 1.35 bits per heavy atom. The molecule has 1 heterocycles. The number of rotatable bonds is 6. The zero-order valence-corrected chi connectivity index (χ0v) is 12.7. The molecule has 2 N–H and O–H groups in total. The first-order chi connectivity index (χ1) is 9.81. The highest BCUT2D eigenvalue weighted by Crippen LogP contribution is 2.30. The van der Waals surface area contributed by atoms with Gasteiger partial charge in [-0.25, -0.2) is 0 Å². The Morgan fingerprint density at radius 3 is 2.70 bits per heavy atom. The summed E-state index contributed by atoms with van der Waals surface area (Å²) in [6, 6.07) is 0. The highest BCUT2D eigenvalue weighted by atomic mass is 16.5. The van der Waals surface area contributed by atoms with E-state index < -0.39 is 0 Å². The number of aliphatic imine (C=N–C) groups is 1. The third kappa shape index (κ3) is 4.63. The molecule has 20 heavy (non-hydrogen) atoms. The number of morpholine rings is 1. The molecule has 2 aliphatic rings. The van der Waals surface area contributed by atoms with Crippen molar-refractivity contribution in [2.75, 3.05) is 39.5 Å². The minimum atomic E-state index is 0.365. The standard InChI is InChI=1S/C15H29N3O2/c1-2-20-14(13-5-3-4-6-13)7-8-17-15(16)18-9-11-19-12-10-18/h13-14H,2-12H2,1H3,(H2,16,17)/t14-/m1/s1. The summed E-state index contributed by atoms with van der Waals surface area (Å²) < 4.78 is 11.2. The average Bonchev–Trinajstić information content (AvgIpc) is 3.01. The van der Waals surface area contributed by atoms with Gasteiger partial charge in [0.15, 0.2) is 5.96 Å². The van der Waals surface area contributed by atoms with E-state index >= 15 is 0 Å². The van der Waals surface area contributed by atoms with Crippen LogP contribution >= 0.6 is 0 Å². The molecule has 2 rings (SSSR count). The average molecular weight is 283 g/mol. The summed E-state index contributed by atoms with van der Waals surface area (Å²) in [5.74, 6) is 1.39. The van der Waals surface area contributed by atoms with Gasteiger partial charge >= 0.3 is 0 Å². The van der Waals surface area contributed by atoms with Crippen molar-refractivity contribution in [1.29, 1.82) is 0 Å². The van der Waals surface area contributed by atoms with Gasteiger partial charge in [-0.15, -0.1) is 0 Å². The van der Waals surface area contributed by atoms with Gasteiger partial charge in [0.25, 0.3) is 0 Å². The lowest BCUT2D eigenvalue weighted by atomic mass is 9.98. The Hall–Kier alpha value is -0.810. The summed E-state index contributed by atoms with van der Waals surface area (Å²) in [6.07, 6.45) is 6.69. The molecule has 1 saturated heterocycles. The third-order valence-corrected chi connectivity index (χ3v) is 4.33. The molecule has 0 radical (unpaired) electrons. The van der Waals surface area contributed by atoms with Gasteiger partial charge < -0.3 is 20.1 Å². The molecule has 0 unspecified atom stereocenters. The predicted octanol–water partition coefficient (Wildman–Crippen LogP) is 1.62. The van der Waals surface area contributed by atoms with E-state index in [2.05, 4.69) is 16.8 Å². The fourth-order valence-corrected chi connectivity index (χ4v) is 3.20. The molecule has 0 spiro atoms. The second-order valence-electron chi connectivity index (χ2n) is 5.67. The van der Waals surface area contributed by atoms with Crippen LogP contribution < -0.4 is 5.73 Å². The molecule has 1 aliphatic heterocycles. The van der Waals surface area contributed by atoms with Crippen LogP contribution in [0, 0.1) is 5.92 Å². The molecule has 1 saturated carbocycles. The summed E-state index contributed by atoms with van der Waals surface area (Å²) >= 11 is 0. The number of nitrogens with zero attached hydrogens (tertiary/aromatic N) is 2. The number of hydrogen-bond acceptors (Lipinski definition) is 3. The molecule has 0 aromatic heterocycles. The van der Waals surface area contributed by atoms with Crippen LogP contribution in [0.5, 0.6) is 0 Å². The normalized spacial score (nSPS) is 23.2. The highest BCUT2D eigenvalue weighted by Gasteiger charge is 2.25. The summed E-state index contributed by atoms with van der Waals surface area (Å²) in [7, 11) is 0. The molecule has 1 aliphatic carbocycles. The van der Waals surface area contributed by atoms with Crippen LogP contribution in [-0.2, 0) is 9.47 Å². The monoisotopic (exact) mass is 283 g/mol. The maximum Gasteiger partial charge on any atom is 0.191 e. The lowest BCUT2D eigenvalue weighted by Crippen LogP contribution is -2.45. The van der Waals surface area contributed by atoms with Gasteiger partial charge in [0.2, 0.25) is 0 Å². The zero-order valence-electron chi connectivity index (χ0n) is 12.7. The van der Waals surface area contributed by atoms with Crippen molar-refractivity contribution in [2.45, 2.75) is 45.1 Å². The second-order valence-corrected chi connectivity index (χ2v) is 5.67. The van der Waals surface area contributed by atoms with Crippen LogP contribution in [0.25, 0.3) is 0 Å². The maximum absolute atomic E-state index is 6.04. The van der Waals surface area contributed by atoms with Crippen molar-refractivity contribution in [3.63, 3.8) is 0 Å². The Labute approximate surface area is 122 Å². The third-order valence-electron chi connectivity index (χ3n) is 4.33. The van der Waals surface area contributed by atoms with Crippen molar-refractivity contribution in [3.8, 4) is 0 Å². The quantitative estimate of drug-likeness (QED) is 0.594. The van der Waals surface area contributed by atoms with Gasteiger partial charge in [-0.05, 0) is 32.1 Å². The molecule has 0 bridgehead atoms. The van der Waals surface area contributed by atoms with Crippen LogP contribution in [0.3, 0.4) is 0 Å². The van der Waals surface area contributed by atoms with E-state index in [-0.39, 0.29) is 0 Å². The summed E-state index contributed by atoms with van der Waals surface area (Å²) in [6.45, 7) is 6.85. The van der Waals surface area contributed by atoms with Crippen LogP contribution in [0.1, 0.15) is 39.0 Å². The van der Waals surface area contributed by atoms with Gasteiger partial charge in [-0.2, -0.15) is 0 Å². The maximum atomic E-state index is 6.04. The van der Waals surface area contributed by atoms with E-state index in [1.54, 1.807) is 0 Å². The number of nitrogens with two attached hydrogens (primary N) is 1. The first-order valence-electron chi connectivity index (χ1n) is 8.05. The second kappa shape index (κ2) is 8.47. The van der Waals surface area contributed by atoms with Gasteiger partial charge in [0.05, 0.1) is 19.3 Å². The predicted molar refractivity (Wildman–Crippen MR) is 80.9 cm³/mol. The van der Waals surface area contributed by atoms with Gasteiger partial charge in [0, 0.05) is 26.2 Å². The van der Waals surface area contributed by atoms with Crippen molar-refractivity contribution in [1.82, 2.24) is 4.90 Å². The lowest BCUT2D eigenvalue weighted by molar-refractivity contribution is 0.0176. The first-order valence-corrected chi connectivity index (χ1v) is 8.05. The largest absolute Gasteiger partial charge is 0.378 e. The minimum absolute atomic E-state index is 0.365. The van der Waals surface area contributed by atoms with E-state index in [9.17, 15) is 0 Å². The van der Waals surface area contributed by atoms with Crippen LogP contribution in [-0.4, -0.2) is 56.4 Å². The summed E-state index contributed by atoms with van der Waals surface area (Å²) in [5.41, 5.74) is 6.04. The van der Waals surface area contributed by atoms with Gasteiger partial charge in [-0.1, -0.05) is 12.8 Å². The van der Waals surface area contributed by atoms with Gasteiger partial charge in [0.1, 0.15) is 0 Å².